The molecule has 0 fully saturated rings. The fourth-order valence-electron chi connectivity index (χ4n) is 2.63. The molecule has 0 saturated heterocycles. The largest absolute Gasteiger partial charge is 0.478 e. The van der Waals surface area contributed by atoms with Crippen LogP contribution in [0.5, 0.6) is 0 Å². The van der Waals surface area contributed by atoms with Crippen molar-refractivity contribution in [1.82, 2.24) is 9.97 Å². The van der Waals surface area contributed by atoms with Crippen LogP contribution in [0.15, 0.2) is 71.5 Å². The van der Waals surface area contributed by atoms with Crippen molar-refractivity contribution in [2.75, 3.05) is 0 Å². The zero-order valence-electron chi connectivity index (χ0n) is 12.5. The minimum Gasteiger partial charge on any atom is -0.478 e. The van der Waals surface area contributed by atoms with Crippen molar-refractivity contribution in [3.63, 3.8) is 0 Å². The maximum Gasteiger partial charge on any atom is 0.338 e. The molecule has 24 heavy (non-hydrogen) atoms. The molecule has 0 saturated carbocycles. The standard InChI is InChI=1S/C19H12N2O3/c22-19(23)15-10-16(21-18-17(15)20-11-24-18)14-8-6-13(7-9-14)12-4-2-1-3-5-12/h1-11H,(H,22,23). The smallest absolute Gasteiger partial charge is 0.338 e. The van der Waals surface area contributed by atoms with Crippen molar-refractivity contribution in [1.29, 1.82) is 0 Å². The van der Waals surface area contributed by atoms with Gasteiger partial charge in [0.05, 0.1) is 11.3 Å². The zero-order chi connectivity index (χ0) is 16.5. The van der Waals surface area contributed by atoms with E-state index in [9.17, 15) is 9.90 Å². The summed E-state index contributed by atoms with van der Waals surface area (Å²) >= 11 is 0. The quantitative estimate of drug-likeness (QED) is 0.611. The highest BCUT2D eigenvalue weighted by molar-refractivity contribution is 6.00. The van der Waals surface area contributed by atoms with Crippen LogP contribution in [0, 0.1) is 0 Å². The first-order chi connectivity index (χ1) is 11.7. The van der Waals surface area contributed by atoms with Crippen molar-refractivity contribution < 1.29 is 14.3 Å². The van der Waals surface area contributed by atoms with Crippen LogP contribution in [-0.4, -0.2) is 21.0 Å². The molecule has 2 heterocycles. The van der Waals surface area contributed by atoms with Crippen LogP contribution < -0.4 is 0 Å². The number of aromatic carboxylic acids is 1. The van der Waals surface area contributed by atoms with E-state index in [1.54, 1.807) is 0 Å². The molecule has 2 aromatic heterocycles. The number of hydrogen-bond donors (Lipinski definition) is 1. The molecule has 4 aromatic rings. The summed E-state index contributed by atoms with van der Waals surface area (Å²) in [4.78, 5) is 19.7. The highest BCUT2D eigenvalue weighted by Crippen LogP contribution is 2.27. The van der Waals surface area contributed by atoms with Gasteiger partial charge in [0, 0.05) is 5.56 Å². The molecule has 116 valence electrons. The highest BCUT2D eigenvalue weighted by atomic mass is 16.4. The summed E-state index contributed by atoms with van der Waals surface area (Å²) in [5.41, 5.74) is 4.11. The summed E-state index contributed by atoms with van der Waals surface area (Å²) < 4.78 is 5.18. The molecule has 0 amide bonds. The third-order valence-corrected chi connectivity index (χ3v) is 3.83. The average molecular weight is 316 g/mol. The van der Waals surface area contributed by atoms with Crippen LogP contribution >= 0.6 is 0 Å². The first-order valence-corrected chi connectivity index (χ1v) is 7.36. The Morgan fingerprint density at radius 2 is 1.58 bits per heavy atom. The molecule has 0 aliphatic carbocycles. The number of rotatable bonds is 3. The van der Waals surface area contributed by atoms with Crippen LogP contribution in [0.3, 0.4) is 0 Å². The minimum atomic E-state index is -1.06. The molecule has 0 spiro atoms. The zero-order valence-corrected chi connectivity index (χ0v) is 12.5. The lowest BCUT2D eigenvalue weighted by molar-refractivity contribution is 0.0698. The molecule has 0 radical (unpaired) electrons. The summed E-state index contributed by atoms with van der Waals surface area (Å²) in [5, 5.41) is 9.36. The second-order valence-corrected chi connectivity index (χ2v) is 5.31. The number of aromatic nitrogens is 2. The molecular weight excluding hydrogens is 304 g/mol. The number of hydrogen-bond acceptors (Lipinski definition) is 4. The molecule has 0 bridgehead atoms. The number of carbonyl (C=O) groups is 1. The second kappa shape index (κ2) is 5.62. The Morgan fingerprint density at radius 3 is 2.29 bits per heavy atom. The summed E-state index contributed by atoms with van der Waals surface area (Å²) in [6.07, 6.45) is 1.20. The monoisotopic (exact) mass is 316 g/mol. The second-order valence-electron chi connectivity index (χ2n) is 5.31. The Balaban J connectivity index is 1.79. The van der Waals surface area contributed by atoms with Crippen molar-refractivity contribution in [3.8, 4) is 22.4 Å². The van der Waals surface area contributed by atoms with Gasteiger partial charge in [-0.05, 0) is 17.2 Å². The van der Waals surface area contributed by atoms with E-state index in [1.807, 2.05) is 54.6 Å². The van der Waals surface area contributed by atoms with Crippen LogP contribution in [0.1, 0.15) is 10.4 Å². The summed E-state index contributed by atoms with van der Waals surface area (Å²) in [6.45, 7) is 0. The van der Waals surface area contributed by atoms with Crippen molar-refractivity contribution in [2.24, 2.45) is 0 Å². The Hall–Kier alpha value is -3.47. The van der Waals surface area contributed by atoms with Crippen LogP contribution in [0.4, 0.5) is 0 Å². The number of carboxylic acids is 1. The van der Waals surface area contributed by atoms with Gasteiger partial charge in [-0.15, -0.1) is 0 Å². The van der Waals surface area contributed by atoms with Gasteiger partial charge in [-0.2, -0.15) is 0 Å². The molecule has 2 aromatic carbocycles. The lowest BCUT2D eigenvalue weighted by atomic mass is 10.0. The number of pyridine rings is 1. The third kappa shape index (κ3) is 2.42. The van der Waals surface area contributed by atoms with Gasteiger partial charge >= 0.3 is 5.97 Å². The number of carboxylic acid groups (broad SMARTS) is 1. The average Bonchev–Trinajstić information content (AvgIpc) is 3.10. The normalized spacial score (nSPS) is 10.8. The molecule has 5 heteroatoms. The maximum atomic E-state index is 11.4. The topological polar surface area (TPSA) is 76.2 Å². The minimum absolute atomic E-state index is 0.0795. The Labute approximate surface area is 137 Å². The van der Waals surface area contributed by atoms with Gasteiger partial charge < -0.3 is 9.52 Å². The van der Waals surface area contributed by atoms with Gasteiger partial charge in [0.1, 0.15) is 5.52 Å². The van der Waals surface area contributed by atoms with Gasteiger partial charge in [0.25, 0.3) is 0 Å². The molecule has 0 aliphatic heterocycles. The van der Waals surface area contributed by atoms with Crippen molar-refractivity contribution in [2.45, 2.75) is 0 Å². The molecule has 4 rings (SSSR count). The molecule has 5 nitrogen and oxygen atoms in total. The molecule has 0 aliphatic rings. The van der Waals surface area contributed by atoms with Crippen LogP contribution in [0.25, 0.3) is 33.6 Å². The van der Waals surface area contributed by atoms with Crippen LogP contribution in [0.2, 0.25) is 0 Å². The Morgan fingerprint density at radius 1 is 0.917 bits per heavy atom. The van der Waals surface area contributed by atoms with Gasteiger partial charge in [0.15, 0.2) is 6.39 Å². The summed E-state index contributed by atoms with van der Waals surface area (Å²) in [5.74, 6) is -1.06. The van der Waals surface area contributed by atoms with E-state index in [2.05, 4.69) is 9.97 Å². The van der Waals surface area contributed by atoms with E-state index in [4.69, 9.17) is 4.42 Å². The Bertz CT molecular complexity index is 1020. The third-order valence-electron chi connectivity index (χ3n) is 3.83. The first kappa shape index (κ1) is 14.1. The van der Waals surface area contributed by atoms with E-state index in [0.717, 1.165) is 16.7 Å². The molecular formula is C19H12N2O3. The number of fused-ring (bicyclic) bond motifs is 1. The number of nitrogens with zero attached hydrogens (tertiary/aromatic N) is 2. The first-order valence-electron chi connectivity index (χ1n) is 7.36. The fourth-order valence-corrected chi connectivity index (χ4v) is 2.63. The lowest BCUT2D eigenvalue weighted by Gasteiger charge is -2.05. The van der Waals surface area contributed by atoms with E-state index >= 15 is 0 Å². The van der Waals surface area contributed by atoms with Gasteiger partial charge in [-0.1, -0.05) is 54.6 Å². The van der Waals surface area contributed by atoms with E-state index in [-0.39, 0.29) is 16.8 Å². The Kier molecular flexibility index (Phi) is 3.31. The highest BCUT2D eigenvalue weighted by Gasteiger charge is 2.16. The fraction of sp³-hybridized carbons (Fsp3) is 0. The van der Waals surface area contributed by atoms with Gasteiger partial charge in [-0.3, -0.25) is 0 Å². The number of oxazole rings is 1. The van der Waals surface area contributed by atoms with Crippen molar-refractivity contribution >= 4 is 17.2 Å². The molecule has 0 unspecified atom stereocenters. The van der Waals surface area contributed by atoms with Crippen molar-refractivity contribution in [3.05, 3.63) is 72.6 Å². The summed E-state index contributed by atoms with van der Waals surface area (Å²) in [7, 11) is 0. The molecule has 0 atom stereocenters. The molecule has 1 N–H and O–H groups in total. The van der Waals surface area contributed by atoms with Crippen LogP contribution in [-0.2, 0) is 0 Å². The number of benzene rings is 2. The SMILES string of the molecule is O=C(O)c1cc(-c2ccc(-c3ccccc3)cc2)nc2ocnc12. The summed E-state index contributed by atoms with van der Waals surface area (Å²) in [6, 6.07) is 19.3. The van der Waals surface area contributed by atoms with E-state index < -0.39 is 5.97 Å². The predicted octanol–water partition coefficient (Wildman–Crippen LogP) is 4.26. The predicted molar refractivity (Wildman–Crippen MR) is 89.6 cm³/mol. The van der Waals surface area contributed by atoms with Gasteiger partial charge in [0.2, 0.25) is 5.71 Å². The maximum absolute atomic E-state index is 11.4. The lowest BCUT2D eigenvalue weighted by Crippen LogP contribution is -1.99. The van der Waals surface area contributed by atoms with E-state index in [0.29, 0.717) is 5.69 Å². The van der Waals surface area contributed by atoms with E-state index in [1.165, 1.54) is 12.5 Å². The van der Waals surface area contributed by atoms with Gasteiger partial charge in [-0.25, -0.2) is 14.8 Å².